The Hall–Kier alpha value is -2.41. The summed E-state index contributed by atoms with van der Waals surface area (Å²) in [5.74, 6) is -0.500. The van der Waals surface area contributed by atoms with Crippen LogP contribution in [0.1, 0.15) is 40.9 Å². The molecule has 7 heteroatoms. The zero-order chi connectivity index (χ0) is 18.1. The number of hydrogen-bond acceptors (Lipinski definition) is 4. The van der Waals surface area contributed by atoms with Gasteiger partial charge in [-0.15, -0.1) is 0 Å². The van der Waals surface area contributed by atoms with Crippen molar-refractivity contribution in [2.45, 2.75) is 32.2 Å². The number of H-pyrrole nitrogens is 1. The first-order valence-corrected chi connectivity index (χ1v) is 9.26. The van der Waals surface area contributed by atoms with Crippen LogP contribution < -0.4 is 5.73 Å². The van der Waals surface area contributed by atoms with E-state index in [4.69, 9.17) is 5.73 Å². The van der Waals surface area contributed by atoms with Crippen molar-refractivity contribution in [1.29, 1.82) is 0 Å². The number of carbonyl (C=O) groups is 2. The largest absolute Gasteiger partial charge is 0.364 e. The number of primary amides is 1. The molecule has 2 aliphatic heterocycles. The molecule has 4 rings (SSSR count). The Balaban J connectivity index is 1.62. The first kappa shape index (κ1) is 17.0. The van der Waals surface area contributed by atoms with Gasteiger partial charge in [0.05, 0.1) is 11.9 Å². The molecule has 0 unspecified atom stereocenters. The molecule has 1 saturated heterocycles. The maximum Gasteiger partial charge on any atom is 0.269 e. The molecule has 0 bridgehead atoms. The van der Waals surface area contributed by atoms with E-state index in [0.717, 1.165) is 41.7 Å². The van der Waals surface area contributed by atoms with Crippen molar-refractivity contribution in [3.8, 4) is 0 Å². The Morgan fingerprint density at radius 2 is 2.00 bits per heavy atom. The van der Waals surface area contributed by atoms with Gasteiger partial charge in [-0.3, -0.25) is 14.7 Å². The lowest BCUT2D eigenvalue weighted by Crippen LogP contribution is -2.39. The van der Waals surface area contributed by atoms with E-state index >= 15 is 0 Å². The molecule has 1 aromatic carbocycles. The molecule has 1 radical (unpaired) electrons. The molecule has 137 valence electrons. The van der Waals surface area contributed by atoms with E-state index in [1.807, 2.05) is 17.0 Å². The maximum atomic E-state index is 12.6. The fourth-order valence-electron chi connectivity index (χ4n) is 4.01. The first-order chi connectivity index (χ1) is 12.6. The van der Waals surface area contributed by atoms with Gasteiger partial charge in [0.1, 0.15) is 0 Å². The van der Waals surface area contributed by atoms with Crippen LogP contribution in [0.25, 0.3) is 10.9 Å². The number of benzene rings is 1. The second-order valence-electron chi connectivity index (χ2n) is 7.13. The molecule has 7 nitrogen and oxygen atoms in total. The number of aromatic amines is 1. The highest BCUT2D eigenvalue weighted by Crippen LogP contribution is 2.28. The van der Waals surface area contributed by atoms with Crippen LogP contribution in [-0.4, -0.2) is 58.0 Å². The molecule has 3 N–H and O–H groups in total. The minimum atomic E-state index is -0.552. The summed E-state index contributed by atoms with van der Waals surface area (Å²) in [4.78, 5) is 28.7. The van der Waals surface area contributed by atoms with Gasteiger partial charge in [0, 0.05) is 25.0 Å². The molecule has 2 aromatic rings. The van der Waals surface area contributed by atoms with Crippen molar-refractivity contribution in [3.05, 3.63) is 35.4 Å². The van der Waals surface area contributed by atoms with Crippen LogP contribution in [-0.2, 0) is 17.8 Å². The summed E-state index contributed by atoms with van der Waals surface area (Å²) in [7, 11) is 0. The number of fused-ring (bicyclic) bond motifs is 3. The van der Waals surface area contributed by atoms with Crippen molar-refractivity contribution >= 4 is 22.7 Å². The van der Waals surface area contributed by atoms with Crippen molar-refractivity contribution in [1.82, 2.24) is 20.0 Å². The summed E-state index contributed by atoms with van der Waals surface area (Å²) in [6, 6.07) is 3.90. The molecule has 2 amide bonds. The zero-order valence-corrected chi connectivity index (χ0v) is 14.8. The molecule has 3 heterocycles. The summed E-state index contributed by atoms with van der Waals surface area (Å²) in [5.41, 5.74) is 8.56. The number of amides is 2. The van der Waals surface area contributed by atoms with E-state index in [-0.39, 0.29) is 11.6 Å². The monoisotopic (exact) mass is 354 g/mol. The molecular formula is C19H24N5O2. The SMILES string of the molecule is NC(=O)c1n[nH]c2ccc3c(c12)CN(CCN1CCCCC1)C(=O)[CH]C3. The lowest BCUT2D eigenvalue weighted by molar-refractivity contribution is -0.128. The Kier molecular flexibility index (Phi) is 4.63. The first-order valence-electron chi connectivity index (χ1n) is 9.26. The normalized spacial score (nSPS) is 18.8. The maximum absolute atomic E-state index is 12.6. The predicted octanol–water partition coefficient (Wildman–Crippen LogP) is 1.24. The van der Waals surface area contributed by atoms with Gasteiger partial charge in [-0.25, -0.2) is 0 Å². The highest BCUT2D eigenvalue weighted by molar-refractivity contribution is 6.05. The van der Waals surface area contributed by atoms with Crippen molar-refractivity contribution in [2.75, 3.05) is 26.2 Å². The summed E-state index contributed by atoms with van der Waals surface area (Å²) in [6.45, 7) is 4.28. The van der Waals surface area contributed by atoms with Gasteiger partial charge in [0.25, 0.3) is 5.91 Å². The number of likely N-dealkylation sites (tertiary alicyclic amines) is 1. The third-order valence-corrected chi connectivity index (χ3v) is 5.46. The van der Waals surface area contributed by atoms with Gasteiger partial charge in [-0.1, -0.05) is 12.5 Å². The number of hydrogen-bond donors (Lipinski definition) is 2. The van der Waals surface area contributed by atoms with Crippen molar-refractivity contribution < 1.29 is 9.59 Å². The number of nitrogens with two attached hydrogens (primary N) is 1. The van der Waals surface area contributed by atoms with E-state index in [1.165, 1.54) is 19.3 Å². The average Bonchev–Trinajstić information content (AvgIpc) is 3.02. The molecular weight excluding hydrogens is 330 g/mol. The topological polar surface area (TPSA) is 95.3 Å². The van der Waals surface area contributed by atoms with E-state index < -0.39 is 5.91 Å². The van der Waals surface area contributed by atoms with Crippen molar-refractivity contribution in [3.63, 3.8) is 0 Å². The van der Waals surface area contributed by atoms with Crippen LogP contribution in [0.5, 0.6) is 0 Å². The molecule has 0 spiro atoms. The molecule has 0 saturated carbocycles. The van der Waals surface area contributed by atoms with Crippen LogP contribution in [0, 0.1) is 6.42 Å². The Morgan fingerprint density at radius 3 is 2.77 bits per heavy atom. The minimum absolute atomic E-state index is 0.0514. The predicted molar refractivity (Wildman–Crippen MR) is 98.3 cm³/mol. The summed E-state index contributed by atoms with van der Waals surface area (Å²) in [5, 5.41) is 7.70. The van der Waals surface area contributed by atoms with Gasteiger partial charge in [0.2, 0.25) is 5.91 Å². The molecule has 1 aromatic heterocycles. The van der Waals surface area contributed by atoms with Crippen LogP contribution in [0.4, 0.5) is 0 Å². The van der Waals surface area contributed by atoms with Gasteiger partial charge >= 0.3 is 0 Å². The number of carbonyl (C=O) groups excluding carboxylic acids is 2. The third-order valence-electron chi connectivity index (χ3n) is 5.46. The Labute approximate surface area is 152 Å². The summed E-state index contributed by atoms with van der Waals surface area (Å²) in [6.07, 6.45) is 6.07. The zero-order valence-electron chi connectivity index (χ0n) is 14.8. The highest BCUT2D eigenvalue weighted by atomic mass is 16.2. The number of nitrogens with zero attached hydrogens (tertiary/aromatic N) is 3. The molecule has 0 aliphatic carbocycles. The molecule has 2 aliphatic rings. The second-order valence-corrected chi connectivity index (χ2v) is 7.13. The highest BCUT2D eigenvalue weighted by Gasteiger charge is 2.25. The smallest absolute Gasteiger partial charge is 0.269 e. The Bertz CT molecular complexity index is 838. The number of aromatic nitrogens is 2. The van der Waals surface area contributed by atoms with Crippen molar-refractivity contribution in [2.24, 2.45) is 5.73 Å². The fraction of sp³-hybridized carbons (Fsp3) is 0.474. The van der Waals surface area contributed by atoms with E-state index in [0.29, 0.717) is 19.5 Å². The third kappa shape index (κ3) is 3.19. The fourth-order valence-corrected chi connectivity index (χ4v) is 4.01. The lowest BCUT2D eigenvalue weighted by atomic mass is 9.98. The van der Waals surface area contributed by atoms with Gasteiger partial charge < -0.3 is 15.5 Å². The average molecular weight is 354 g/mol. The number of nitrogens with one attached hydrogen (secondary N) is 1. The standard InChI is InChI=1S/C19H24N5O2/c20-19(26)18-17-14-12-24(11-10-23-8-2-1-3-9-23)16(25)7-5-13(14)4-6-15(17)21-22-18/h4,6-7H,1-3,5,8-12H2,(H2,20,26)(H,21,22). The van der Waals surface area contributed by atoms with E-state index in [2.05, 4.69) is 15.1 Å². The second kappa shape index (κ2) is 7.07. The molecule has 1 fully saturated rings. The van der Waals surface area contributed by atoms with E-state index in [9.17, 15) is 9.59 Å². The minimum Gasteiger partial charge on any atom is -0.364 e. The number of piperidine rings is 1. The van der Waals surface area contributed by atoms with Gasteiger partial charge in [-0.05, 0) is 49.5 Å². The quantitative estimate of drug-likeness (QED) is 0.863. The van der Waals surface area contributed by atoms with Gasteiger partial charge in [0.15, 0.2) is 5.69 Å². The van der Waals surface area contributed by atoms with Gasteiger partial charge in [-0.2, -0.15) is 5.10 Å². The summed E-state index contributed by atoms with van der Waals surface area (Å²) < 4.78 is 0. The lowest BCUT2D eigenvalue weighted by Gasteiger charge is -2.29. The van der Waals surface area contributed by atoms with Crippen LogP contribution in [0.15, 0.2) is 12.1 Å². The number of rotatable bonds is 4. The summed E-state index contributed by atoms with van der Waals surface area (Å²) >= 11 is 0. The Morgan fingerprint density at radius 1 is 1.19 bits per heavy atom. The van der Waals surface area contributed by atoms with Crippen LogP contribution in [0.3, 0.4) is 0 Å². The molecule has 0 atom stereocenters. The van der Waals surface area contributed by atoms with Crippen LogP contribution >= 0.6 is 0 Å². The van der Waals surface area contributed by atoms with Crippen LogP contribution in [0.2, 0.25) is 0 Å². The molecule has 26 heavy (non-hydrogen) atoms. The van der Waals surface area contributed by atoms with E-state index in [1.54, 1.807) is 6.42 Å².